The van der Waals surface area contributed by atoms with Gasteiger partial charge in [-0.3, -0.25) is 9.59 Å². The van der Waals surface area contributed by atoms with Crippen molar-refractivity contribution in [3.05, 3.63) is 59.9 Å². The fraction of sp³-hybridized carbons (Fsp3) is 0.286. The molecule has 1 fully saturated rings. The molecule has 0 saturated carbocycles. The number of anilines is 1. The minimum Gasteiger partial charge on any atom is -0.497 e. The molecule has 1 atom stereocenters. The van der Waals surface area contributed by atoms with Crippen molar-refractivity contribution < 1.29 is 18.7 Å². The van der Waals surface area contributed by atoms with E-state index >= 15 is 0 Å². The summed E-state index contributed by atoms with van der Waals surface area (Å²) in [5.74, 6) is -0.427. The first-order valence-electron chi connectivity index (χ1n) is 9.24. The van der Waals surface area contributed by atoms with Crippen LogP contribution in [0.2, 0.25) is 0 Å². The third kappa shape index (κ3) is 4.54. The maximum atomic E-state index is 13.2. The number of hydrogen-bond donors (Lipinski definition) is 1. The van der Waals surface area contributed by atoms with Gasteiger partial charge < -0.3 is 15.0 Å². The summed E-state index contributed by atoms with van der Waals surface area (Å²) in [6.07, 6.45) is -0.00208. The SMILES string of the molecule is CCNC(=S)N(Cc1ccc(OC)cc1)[C@@H]1CC(=O)N(c2ccc(F)cc2)C1=O. The Bertz CT molecular complexity index is 902. The van der Waals surface area contributed by atoms with Crippen LogP contribution in [0, 0.1) is 5.82 Å². The molecule has 3 rings (SSSR count). The molecule has 0 unspecified atom stereocenters. The first kappa shape index (κ1) is 20.7. The van der Waals surface area contributed by atoms with Crippen LogP contribution >= 0.6 is 12.2 Å². The minimum absolute atomic E-state index is 0.00208. The first-order valence-corrected chi connectivity index (χ1v) is 9.65. The summed E-state index contributed by atoms with van der Waals surface area (Å²) in [5.41, 5.74) is 1.27. The highest BCUT2D eigenvalue weighted by Crippen LogP contribution is 2.27. The lowest BCUT2D eigenvalue weighted by Gasteiger charge is -2.30. The van der Waals surface area contributed by atoms with E-state index in [1.165, 1.54) is 24.3 Å². The molecule has 1 heterocycles. The summed E-state index contributed by atoms with van der Waals surface area (Å²) in [7, 11) is 1.59. The van der Waals surface area contributed by atoms with E-state index in [9.17, 15) is 14.0 Å². The molecule has 2 aromatic rings. The van der Waals surface area contributed by atoms with Crippen LogP contribution in [0.15, 0.2) is 48.5 Å². The molecule has 2 amide bonds. The van der Waals surface area contributed by atoms with Gasteiger partial charge in [0.05, 0.1) is 19.2 Å². The zero-order valence-corrected chi connectivity index (χ0v) is 17.0. The number of benzene rings is 2. The Morgan fingerprint density at radius 2 is 1.86 bits per heavy atom. The summed E-state index contributed by atoms with van der Waals surface area (Å²) in [4.78, 5) is 28.5. The molecule has 0 spiro atoms. The maximum absolute atomic E-state index is 13.2. The van der Waals surface area contributed by atoms with Gasteiger partial charge in [0.25, 0.3) is 5.91 Å². The van der Waals surface area contributed by atoms with Gasteiger partial charge in [-0.1, -0.05) is 12.1 Å². The molecule has 152 valence electrons. The van der Waals surface area contributed by atoms with Crippen molar-refractivity contribution in [2.24, 2.45) is 0 Å². The highest BCUT2D eigenvalue weighted by molar-refractivity contribution is 7.80. The number of hydrogen-bond acceptors (Lipinski definition) is 4. The molecule has 0 bridgehead atoms. The molecule has 6 nitrogen and oxygen atoms in total. The van der Waals surface area contributed by atoms with Gasteiger partial charge in [0.15, 0.2) is 5.11 Å². The zero-order chi connectivity index (χ0) is 21.0. The molecular formula is C21H22FN3O3S. The van der Waals surface area contributed by atoms with Gasteiger partial charge in [0.2, 0.25) is 5.91 Å². The van der Waals surface area contributed by atoms with Crippen LogP contribution in [0.1, 0.15) is 18.9 Å². The molecular weight excluding hydrogens is 393 g/mol. The summed E-state index contributed by atoms with van der Waals surface area (Å²) >= 11 is 5.48. The number of carbonyl (C=O) groups is 2. The molecule has 1 aliphatic heterocycles. The Balaban J connectivity index is 1.86. The van der Waals surface area contributed by atoms with Gasteiger partial charge in [0.1, 0.15) is 17.6 Å². The molecule has 0 aromatic heterocycles. The van der Waals surface area contributed by atoms with Crippen molar-refractivity contribution >= 4 is 34.8 Å². The minimum atomic E-state index is -0.735. The van der Waals surface area contributed by atoms with Crippen molar-refractivity contribution in [2.45, 2.75) is 25.9 Å². The van der Waals surface area contributed by atoms with Crippen LogP contribution in [0.3, 0.4) is 0 Å². The van der Waals surface area contributed by atoms with Crippen LogP contribution in [0.4, 0.5) is 10.1 Å². The molecule has 1 aliphatic rings. The van der Waals surface area contributed by atoms with E-state index in [0.717, 1.165) is 16.2 Å². The monoisotopic (exact) mass is 415 g/mol. The average Bonchev–Trinajstić information content (AvgIpc) is 3.01. The zero-order valence-electron chi connectivity index (χ0n) is 16.2. The number of rotatable bonds is 6. The predicted molar refractivity (Wildman–Crippen MR) is 112 cm³/mol. The van der Waals surface area contributed by atoms with E-state index in [1.807, 2.05) is 31.2 Å². The second kappa shape index (κ2) is 9.00. The van der Waals surface area contributed by atoms with Crippen LogP contribution in [-0.2, 0) is 16.1 Å². The topological polar surface area (TPSA) is 61.9 Å². The molecule has 8 heteroatoms. The molecule has 2 aromatic carbocycles. The Morgan fingerprint density at radius 1 is 1.21 bits per heavy atom. The third-order valence-electron chi connectivity index (χ3n) is 4.68. The van der Waals surface area contributed by atoms with Gasteiger partial charge in [-0.05, 0) is 61.1 Å². The number of nitrogens with zero attached hydrogens (tertiary/aromatic N) is 2. The van der Waals surface area contributed by atoms with Gasteiger partial charge in [-0.15, -0.1) is 0 Å². The Kier molecular flexibility index (Phi) is 6.43. The van der Waals surface area contributed by atoms with Crippen LogP contribution < -0.4 is 15.0 Å². The summed E-state index contributed by atoms with van der Waals surface area (Å²) in [6, 6.07) is 12.0. The van der Waals surface area contributed by atoms with E-state index in [2.05, 4.69) is 5.32 Å². The number of halogens is 1. The summed E-state index contributed by atoms with van der Waals surface area (Å²) < 4.78 is 18.4. The largest absolute Gasteiger partial charge is 0.497 e. The Hall–Kier alpha value is -3.00. The Morgan fingerprint density at radius 3 is 2.45 bits per heavy atom. The van der Waals surface area contributed by atoms with Crippen molar-refractivity contribution in [1.29, 1.82) is 0 Å². The molecule has 1 N–H and O–H groups in total. The lowest BCUT2D eigenvalue weighted by molar-refractivity contribution is -0.122. The van der Waals surface area contributed by atoms with Gasteiger partial charge >= 0.3 is 0 Å². The summed E-state index contributed by atoms with van der Waals surface area (Å²) in [5, 5.41) is 3.46. The van der Waals surface area contributed by atoms with Crippen molar-refractivity contribution in [1.82, 2.24) is 10.2 Å². The smallest absolute Gasteiger partial charge is 0.257 e. The lowest BCUT2D eigenvalue weighted by Crippen LogP contribution is -2.49. The number of thiocarbonyl (C=S) groups is 1. The van der Waals surface area contributed by atoms with E-state index in [-0.39, 0.29) is 18.2 Å². The van der Waals surface area contributed by atoms with E-state index in [4.69, 9.17) is 17.0 Å². The van der Waals surface area contributed by atoms with Crippen molar-refractivity contribution in [3.8, 4) is 5.75 Å². The molecule has 0 aliphatic carbocycles. The standard InChI is InChI=1S/C21H22FN3O3S/c1-3-23-21(29)24(13-14-4-10-17(28-2)11-5-14)18-12-19(26)25(20(18)27)16-8-6-15(22)7-9-16/h4-11,18H,3,12-13H2,1-2H3,(H,23,29)/t18-/m1/s1. The fourth-order valence-electron chi connectivity index (χ4n) is 3.22. The van der Waals surface area contributed by atoms with Gasteiger partial charge in [-0.2, -0.15) is 0 Å². The second-order valence-electron chi connectivity index (χ2n) is 6.58. The third-order valence-corrected chi connectivity index (χ3v) is 5.06. The second-order valence-corrected chi connectivity index (χ2v) is 6.96. The van der Waals surface area contributed by atoms with Gasteiger partial charge in [-0.25, -0.2) is 9.29 Å². The van der Waals surface area contributed by atoms with Crippen LogP contribution in [0.5, 0.6) is 5.75 Å². The number of ether oxygens (including phenoxy) is 1. The normalized spacial score (nSPS) is 16.1. The molecule has 1 saturated heterocycles. The highest BCUT2D eigenvalue weighted by atomic mass is 32.1. The summed E-state index contributed by atoms with van der Waals surface area (Å²) in [6.45, 7) is 2.86. The highest BCUT2D eigenvalue weighted by Gasteiger charge is 2.43. The Labute approximate surface area is 174 Å². The number of amides is 2. The van der Waals surface area contributed by atoms with Gasteiger partial charge in [0, 0.05) is 13.1 Å². The first-order chi connectivity index (χ1) is 13.9. The van der Waals surface area contributed by atoms with E-state index < -0.39 is 11.9 Å². The molecule has 0 radical (unpaired) electrons. The van der Waals surface area contributed by atoms with E-state index in [1.54, 1.807) is 12.0 Å². The van der Waals surface area contributed by atoms with Crippen LogP contribution in [0.25, 0.3) is 0 Å². The predicted octanol–water partition coefficient (Wildman–Crippen LogP) is 2.86. The number of nitrogens with one attached hydrogen (secondary N) is 1. The lowest BCUT2D eigenvalue weighted by atomic mass is 10.1. The van der Waals surface area contributed by atoms with Crippen LogP contribution in [-0.4, -0.2) is 41.5 Å². The van der Waals surface area contributed by atoms with Crippen molar-refractivity contribution in [3.63, 3.8) is 0 Å². The number of carbonyl (C=O) groups excluding carboxylic acids is 2. The maximum Gasteiger partial charge on any atom is 0.257 e. The van der Waals surface area contributed by atoms with E-state index in [0.29, 0.717) is 23.9 Å². The number of methoxy groups -OCH3 is 1. The van der Waals surface area contributed by atoms with Crippen molar-refractivity contribution in [2.75, 3.05) is 18.6 Å². The average molecular weight is 415 g/mol. The fourth-order valence-corrected chi connectivity index (χ4v) is 3.56. The molecule has 29 heavy (non-hydrogen) atoms. The number of imide groups is 1. The quantitative estimate of drug-likeness (QED) is 0.578.